The Hall–Kier alpha value is -1.05. The van der Waals surface area contributed by atoms with Gasteiger partial charge in [0.05, 0.1) is 0 Å². The number of hydrogen-bond acceptors (Lipinski definition) is 6. The van der Waals surface area contributed by atoms with Crippen molar-refractivity contribution in [3.63, 3.8) is 0 Å². The van der Waals surface area contributed by atoms with Gasteiger partial charge in [0, 0.05) is 58.1 Å². The summed E-state index contributed by atoms with van der Waals surface area (Å²) in [5.74, 6) is -0.454. The fraction of sp³-hybridized carbons (Fsp3) is 0.600. The molecule has 1 heterocycles. The van der Waals surface area contributed by atoms with Crippen LogP contribution < -0.4 is 0 Å². The second-order valence-electron chi connectivity index (χ2n) is 6.31. The van der Waals surface area contributed by atoms with Crippen LogP contribution in [0, 0.1) is 0 Å². The fourth-order valence-corrected chi connectivity index (χ4v) is 2.93. The molecule has 1 aliphatic rings. The Balaban J connectivity index is 0. The Kier molecular flexibility index (Phi) is 18.5. The lowest BCUT2D eigenvalue weighted by Gasteiger charge is -2.34. The second kappa shape index (κ2) is 17.8. The van der Waals surface area contributed by atoms with Gasteiger partial charge >= 0.3 is 11.9 Å². The molecule has 0 radical (unpaired) electrons. The summed E-state index contributed by atoms with van der Waals surface area (Å²) in [5, 5.41) is 0.875. The van der Waals surface area contributed by atoms with E-state index in [0.29, 0.717) is 13.2 Å². The van der Waals surface area contributed by atoms with Crippen LogP contribution in [0.4, 0.5) is 0 Å². The third-order valence-electron chi connectivity index (χ3n) is 4.23. The van der Waals surface area contributed by atoms with Crippen molar-refractivity contribution < 1.29 is 19.1 Å². The lowest BCUT2D eigenvalue weighted by Crippen LogP contribution is -2.48. The summed E-state index contributed by atoms with van der Waals surface area (Å²) in [4.78, 5) is 25.8. The van der Waals surface area contributed by atoms with Crippen molar-refractivity contribution in [3.05, 3.63) is 34.9 Å². The van der Waals surface area contributed by atoms with E-state index in [2.05, 4.69) is 16.7 Å². The van der Waals surface area contributed by atoms with Crippen molar-refractivity contribution in [3.8, 4) is 0 Å². The van der Waals surface area contributed by atoms with Gasteiger partial charge in [-0.25, -0.2) is 0 Å². The van der Waals surface area contributed by atoms with Crippen molar-refractivity contribution in [2.75, 3.05) is 52.5 Å². The molecule has 29 heavy (non-hydrogen) atoms. The fourth-order valence-electron chi connectivity index (χ4n) is 2.66. The van der Waals surface area contributed by atoms with Gasteiger partial charge < -0.3 is 9.47 Å². The molecule has 0 aromatic heterocycles. The van der Waals surface area contributed by atoms with Crippen LogP contribution in [0.3, 0.4) is 0 Å². The molecule has 0 saturated carbocycles. The summed E-state index contributed by atoms with van der Waals surface area (Å²) in [5.41, 5.74) is 1.22. The molecule has 2 rings (SSSR count). The number of carbonyl (C=O) groups excluding carboxylic acids is 2. The van der Waals surface area contributed by atoms with E-state index in [-0.39, 0.29) is 36.8 Å². The normalized spacial score (nSPS) is 13.8. The predicted molar refractivity (Wildman–Crippen MR) is 121 cm³/mol. The van der Waals surface area contributed by atoms with Crippen molar-refractivity contribution in [2.45, 2.75) is 27.2 Å². The standard InChI is InChI=1S/C12H22N2O4.C8H9Cl.2ClH/c1-11(15)17-9-7-13-3-5-14(6-4-13)8-10-18-12(2)16;1-2-7-5-3-4-6-8(7)9;;/h3-10H2,1-2H3;3-6H,2H2,1H3;2*1H. The highest BCUT2D eigenvalue weighted by atomic mass is 35.5. The van der Waals surface area contributed by atoms with Gasteiger partial charge in [-0.05, 0) is 18.1 Å². The second-order valence-corrected chi connectivity index (χ2v) is 6.72. The summed E-state index contributed by atoms with van der Waals surface area (Å²) < 4.78 is 9.82. The van der Waals surface area contributed by atoms with Crippen LogP contribution in [0.1, 0.15) is 26.3 Å². The minimum atomic E-state index is -0.227. The minimum Gasteiger partial charge on any atom is -0.465 e. The molecule has 168 valence electrons. The van der Waals surface area contributed by atoms with Gasteiger partial charge in [0.1, 0.15) is 13.2 Å². The maximum absolute atomic E-state index is 10.6. The van der Waals surface area contributed by atoms with Crippen molar-refractivity contribution in [2.24, 2.45) is 0 Å². The van der Waals surface area contributed by atoms with Crippen molar-refractivity contribution >= 4 is 48.4 Å². The number of esters is 2. The Morgan fingerprint density at radius 1 is 0.897 bits per heavy atom. The molecule has 0 spiro atoms. The smallest absolute Gasteiger partial charge is 0.302 e. The quantitative estimate of drug-likeness (QED) is 0.568. The maximum atomic E-state index is 10.6. The van der Waals surface area contributed by atoms with Crippen LogP contribution in [0.5, 0.6) is 0 Å². The first-order valence-corrected chi connectivity index (χ1v) is 9.75. The zero-order chi connectivity index (χ0) is 20.1. The number of hydrogen-bond donors (Lipinski definition) is 0. The number of ether oxygens (including phenoxy) is 2. The van der Waals surface area contributed by atoms with E-state index >= 15 is 0 Å². The van der Waals surface area contributed by atoms with Gasteiger partial charge in [0.2, 0.25) is 0 Å². The summed E-state index contributed by atoms with van der Waals surface area (Å²) in [6.45, 7) is 11.3. The largest absolute Gasteiger partial charge is 0.465 e. The molecule has 0 unspecified atom stereocenters. The summed E-state index contributed by atoms with van der Waals surface area (Å²) in [7, 11) is 0. The lowest BCUT2D eigenvalue weighted by molar-refractivity contribution is -0.142. The molecule has 1 saturated heterocycles. The van der Waals surface area contributed by atoms with Gasteiger partial charge in [-0.2, -0.15) is 0 Å². The molecule has 1 aromatic rings. The highest BCUT2D eigenvalue weighted by Gasteiger charge is 2.16. The van der Waals surface area contributed by atoms with E-state index in [1.54, 1.807) is 0 Å². The Labute approximate surface area is 191 Å². The average molecular weight is 472 g/mol. The molecule has 9 heteroatoms. The minimum absolute atomic E-state index is 0. The Morgan fingerprint density at radius 2 is 1.31 bits per heavy atom. The van der Waals surface area contributed by atoms with E-state index in [1.807, 2.05) is 24.3 Å². The molecule has 0 bridgehead atoms. The number of benzene rings is 1. The number of aryl methyl sites for hydroxylation is 1. The molecule has 0 amide bonds. The van der Waals surface area contributed by atoms with Crippen LogP contribution in [0.25, 0.3) is 0 Å². The predicted octanol–water partition coefficient (Wildman–Crippen LogP) is 3.48. The number of rotatable bonds is 7. The number of carbonyl (C=O) groups is 2. The Morgan fingerprint density at radius 3 is 1.62 bits per heavy atom. The summed E-state index contributed by atoms with van der Waals surface area (Å²) in [6.07, 6.45) is 1.01. The van der Waals surface area contributed by atoms with E-state index in [4.69, 9.17) is 21.1 Å². The van der Waals surface area contributed by atoms with Gasteiger partial charge in [-0.15, -0.1) is 24.8 Å². The first-order valence-electron chi connectivity index (χ1n) is 9.37. The van der Waals surface area contributed by atoms with E-state index in [9.17, 15) is 9.59 Å². The van der Waals surface area contributed by atoms with Crippen LogP contribution in [0.15, 0.2) is 24.3 Å². The summed E-state index contributed by atoms with van der Waals surface area (Å²) >= 11 is 5.82. The highest BCUT2D eigenvalue weighted by molar-refractivity contribution is 6.31. The molecular weight excluding hydrogens is 439 g/mol. The van der Waals surface area contributed by atoms with Crippen LogP contribution in [-0.2, 0) is 25.5 Å². The van der Waals surface area contributed by atoms with E-state index in [0.717, 1.165) is 50.7 Å². The zero-order valence-electron chi connectivity index (χ0n) is 17.4. The van der Waals surface area contributed by atoms with E-state index in [1.165, 1.54) is 19.4 Å². The zero-order valence-corrected chi connectivity index (χ0v) is 19.8. The topological polar surface area (TPSA) is 59.1 Å². The lowest BCUT2D eigenvalue weighted by atomic mass is 10.2. The third kappa shape index (κ3) is 14.6. The van der Waals surface area contributed by atoms with Crippen LogP contribution in [-0.4, -0.2) is 74.2 Å². The van der Waals surface area contributed by atoms with Crippen molar-refractivity contribution in [1.29, 1.82) is 0 Å². The molecule has 6 nitrogen and oxygen atoms in total. The average Bonchev–Trinajstić information content (AvgIpc) is 2.63. The number of halogens is 3. The number of piperazine rings is 1. The van der Waals surface area contributed by atoms with Crippen molar-refractivity contribution in [1.82, 2.24) is 9.80 Å². The molecule has 0 N–H and O–H groups in total. The first-order chi connectivity index (χ1) is 12.9. The molecule has 1 aliphatic heterocycles. The molecule has 1 fully saturated rings. The van der Waals surface area contributed by atoms with Gasteiger partial charge in [-0.3, -0.25) is 19.4 Å². The van der Waals surface area contributed by atoms with E-state index < -0.39 is 0 Å². The molecule has 0 atom stereocenters. The monoisotopic (exact) mass is 470 g/mol. The SMILES string of the molecule is CC(=O)OCCN1CCN(CCOC(C)=O)CC1.CCc1ccccc1Cl.Cl.Cl. The first kappa shape index (κ1) is 30.1. The Bertz CT molecular complexity index is 555. The molecule has 0 aliphatic carbocycles. The molecule has 1 aromatic carbocycles. The summed E-state index contributed by atoms with van der Waals surface area (Å²) in [6, 6.07) is 7.91. The van der Waals surface area contributed by atoms with Gasteiger partial charge in [0.25, 0.3) is 0 Å². The number of nitrogens with zero attached hydrogens (tertiary/aromatic N) is 2. The van der Waals surface area contributed by atoms with Crippen LogP contribution in [0.2, 0.25) is 5.02 Å². The third-order valence-corrected chi connectivity index (χ3v) is 4.60. The van der Waals surface area contributed by atoms with Gasteiger partial charge in [-0.1, -0.05) is 36.7 Å². The highest BCUT2D eigenvalue weighted by Crippen LogP contribution is 2.14. The van der Waals surface area contributed by atoms with Gasteiger partial charge in [0.15, 0.2) is 0 Å². The molecular formula is C20H33Cl3N2O4. The maximum Gasteiger partial charge on any atom is 0.302 e. The van der Waals surface area contributed by atoms with Crippen LogP contribution >= 0.6 is 36.4 Å².